The molecule has 1 N–H and O–H groups in total. The topological polar surface area (TPSA) is 62.5 Å². The van der Waals surface area contributed by atoms with Gasteiger partial charge in [0.2, 0.25) is 5.91 Å². The van der Waals surface area contributed by atoms with Gasteiger partial charge in [-0.15, -0.1) is 0 Å². The zero-order valence-corrected chi connectivity index (χ0v) is 23.3. The number of halogens is 1. The van der Waals surface area contributed by atoms with Gasteiger partial charge in [-0.3, -0.25) is 4.79 Å². The number of benzene rings is 3. The van der Waals surface area contributed by atoms with Crippen LogP contribution in [0.5, 0.6) is 0 Å². The minimum atomic E-state index is -0.306. The second kappa shape index (κ2) is 11.5. The van der Waals surface area contributed by atoms with Crippen molar-refractivity contribution in [1.29, 1.82) is 0 Å². The van der Waals surface area contributed by atoms with Gasteiger partial charge in [0.05, 0.1) is 17.8 Å². The number of likely N-dealkylation sites (tertiary alicyclic amines) is 1. The second-order valence-corrected chi connectivity index (χ2v) is 10.9. The Morgan fingerprint density at radius 3 is 2.38 bits per heavy atom. The first-order valence-corrected chi connectivity index (χ1v) is 14.2. The first-order chi connectivity index (χ1) is 19.6. The molecule has 3 aromatic carbocycles. The average Bonchev–Trinajstić information content (AvgIpc) is 3.38. The fraction of sp³-hybridized carbons (Fsp3) is 0.242. The molecule has 0 spiro atoms. The molecule has 0 aliphatic carbocycles. The number of nitrogens with one attached hydrogen (secondary N) is 1. The molecule has 1 aliphatic rings. The van der Waals surface area contributed by atoms with Gasteiger partial charge >= 0.3 is 0 Å². The number of amides is 1. The maximum atomic E-state index is 14.0. The van der Waals surface area contributed by atoms with Gasteiger partial charge in [0.1, 0.15) is 5.82 Å². The fourth-order valence-electron chi connectivity index (χ4n) is 5.64. The van der Waals surface area contributed by atoms with Gasteiger partial charge in [0, 0.05) is 41.9 Å². The van der Waals surface area contributed by atoms with Crippen molar-refractivity contribution in [2.45, 2.75) is 25.7 Å². The molecule has 0 bridgehead atoms. The van der Waals surface area contributed by atoms with Crippen LogP contribution < -0.4 is 5.32 Å². The zero-order valence-electron chi connectivity index (χ0n) is 22.5. The summed E-state index contributed by atoms with van der Waals surface area (Å²) in [5, 5.41) is 8.86. The minimum absolute atomic E-state index is 0.164. The van der Waals surface area contributed by atoms with Crippen LogP contribution in [-0.2, 0) is 4.79 Å². The number of piperidine rings is 1. The number of fused-ring (bicyclic) bond motifs is 1. The molecule has 0 saturated carbocycles. The Kier molecular flexibility index (Phi) is 7.51. The Morgan fingerprint density at radius 1 is 1.00 bits per heavy atom. The molecule has 202 valence electrons. The van der Waals surface area contributed by atoms with Crippen LogP contribution in [0.3, 0.4) is 0 Å². The highest BCUT2D eigenvalue weighted by molar-refractivity contribution is 6.33. The predicted octanol–water partition coefficient (Wildman–Crippen LogP) is 6.84. The number of aryl methyl sites for hydroxylation is 1. The van der Waals surface area contributed by atoms with Crippen LogP contribution in [0, 0.1) is 12.8 Å². The lowest BCUT2D eigenvalue weighted by atomic mass is 9.88. The van der Waals surface area contributed by atoms with Crippen molar-refractivity contribution in [1.82, 2.24) is 19.5 Å². The summed E-state index contributed by atoms with van der Waals surface area (Å²) in [6, 6.07) is 30.0. The van der Waals surface area contributed by atoms with E-state index in [1.54, 1.807) is 0 Å². The molecule has 1 unspecified atom stereocenters. The molecule has 6 nitrogen and oxygen atoms in total. The molecule has 2 aromatic heterocycles. The van der Waals surface area contributed by atoms with Crippen LogP contribution in [0.4, 0.5) is 5.82 Å². The van der Waals surface area contributed by atoms with Crippen LogP contribution in [0.1, 0.15) is 35.4 Å². The standard InChI is InChI=1S/C33H32ClN5O/c1-23-20-36-39-30(19-29(37-32(23)39)27-16-8-9-17-28(27)34)35-21-24-11-10-18-38(22-24)33(40)31(25-12-4-2-5-13-25)26-14-6-3-7-15-26/h2-9,12-17,19-20,24,31,35H,10-11,18,21-22H2,1H3. The summed E-state index contributed by atoms with van der Waals surface area (Å²) in [6.45, 7) is 4.23. The molecule has 7 heteroatoms. The highest BCUT2D eigenvalue weighted by Crippen LogP contribution is 2.31. The van der Waals surface area contributed by atoms with Crippen molar-refractivity contribution >= 4 is 29.0 Å². The van der Waals surface area contributed by atoms with Gasteiger partial charge in [-0.2, -0.15) is 9.61 Å². The molecule has 1 fully saturated rings. The summed E-state index contributed by atoms with van der Waals surface area (Å²) in [7, 11) is 0. The molecule has 0 radical (unpaired) electrons. The summed E-state index contributed by atoms with van der Waals surface area (Å²) >= 11 is 6.51. The van der Waals surface area contributed by atoms with Gasteiger partial charge in [0.25, 0.3) is 0 Å². The minimum Gasteiger partial charge on any atom is -0.370 e. The van der Waals surface area contributed by atoms with Crippen molar-refractivity contribution in [2.24, 2.45) is 5.92 Å². The average molecular weight is 550 g/mol. The van der Waals surface area contributed by atoms with Crippen LogP contribution in [0.25, 0.3) is 16.9 Å². The molecule has 1 amide bonds. The number of carbonyl (C=O) groups excluding carboxylic acids is 1. The van der Waals surface area contributed by atoms with E-state index in [0.29, 0.717) is 17.5 Å². The molecule has 40 heavy (non-hydrogen) atoms. The van der Waals surface area contributed by atoms with Crippen LogP contribution >= 0.6 is 11.6 Å². The molecular formula is C33H32ClN5O. The van der Waals surface area contributed by atoms with Crippen molar-refractivity contribution in [3.05, 3.63) is 119 Å². The van der Waals surface area contributed by atoms with Crippen molar-refractivity contribution < 1.29 is 4.79 Å². The van der Waals surface area contributed by atoms with E-state index >= 15 is 0 Å². The maximum absolute atomic E-state index is 14.0. The lowest BCUT2D eigenvalue weighted by Gasteiger charge is -2.35. The fourth-order valence-corrected chi connectivity index (χ4v) is 5.87. The van der Waals surface area contributed by atoms with E-state index in [-0.39, 0.29) is 11.8 Å². The quantitative estimate of drug-likeness (QED) is 0.241. The van der Waals surface area contributed by atoms with Gasteiger partial charge in [-0.25, -0.2) is 4.98 Å². The zero-order chi connectivity index (χ0) is 27.5. The predicted molar refractivity (Wildman–Crippen MR) is 161 cm³/mol. The largest absolute Gasteiger partial charge is 0.370 e. The van der Waals surface area contributed by atoms with E-state index in [9.17, 15) is 4.79 Å². The highest BCUT2D eigenvalue weighted by Gasteiger charge is 2.31. The molecular weight excluding hydrogens is 518 g/mol. The third-order valence-electron chi connectivity index (χ3n) is 7.71. The number of anilines is 1. The third-order valence-corrected chi connectivity index (χ3v) is 8.04. The number of rotatable bonds is 7. The van der Waals surface area contributed by atoms with Crippen LogP contribution in [-0.4, -0.2) is 45.0 Å². The van der Waals surface area contributed by atoms with Gasteiger partial charge in [0.15, 0.2) is 5.65 Å². The second-order valence-electron chi connectivity index (χ2n) is 10.5. The third kappa shape index (κ3) is 5.32. The smallest absolute Gasteiger partial charge is 0.234 e. The summed E-state index contributed by atoms with van der Waals surface area (Å²) in [5.74, 6) is 1.03. The monoisotopic (exact) mass is 549 g/mol. The van der Waals surface area contributed by atoms with Gasteiger partial charge in [-0.1, -0.05) is 90.5 Å². The van der Waals surface area contributed by atoms with E-state index in [1.165, 1.54) is 0 Å². The first kappa shape index (κ1) is 26.1. The van der Waals surface area contributed by atoms with E-state index in [0.717, 1.165) is 65.3 Å². The Morgan fingerprint density at radius 2 is 1.68 bits per heavy atom. The van der Waals surface area contributed by atoms with Gasteiger partial charge < -0.3 is 10.2 Å². The van der Waals surface area contributed by atoms with Crippen LogP contribution in [0.15, 0.2) is 97.2 Å². The summed E-state index contributed by atoms with van der Waals surface area (Å²) in [5.41, 5.74) is 5.54. The van der Waals surface area contributed by atoms with E-state index in [1.807, 2.05) is 84.4 Å². The Balaban J connectivity index is 1.22. The van der Waals surface area contributed by atoms with E-state index in [2.05, 4.69) is 39.6 Å². The molecule has 1 saturated heterocycles. The number of nitrogens with zero attached hydrogens (tertiary/aromatic N) is 4. The SMILES string of the molecule is Cc1cnn2c(NCC3CCCN(C(=O)C(c4ccccc4)c4ccccc4)C3)cc(-c3ccccc3Cl)nc12. The molecule has 1 atom stereocenters. The summed E-state index contributed by atoms with van der Waals surface area (Å²) in [6.07, 6.45) is 3.87. The number of hydrogen-bond donors (Lipinski definition) is 1. The Labute approximate surface area is 239 Å². The maximum Gasteiger partial charge on any atom is 0.234 e. The normalized spacial score (nSPS) is 15.5. The number of aromatic nitrogens is 3. The Bertz CT molecular complexity index is 1580. The summed E-state index contributed by atoms with van der Waals surface area (Å²) in [4.78, 5) is 20.9. The van der Waals surface area contributed by atoms with Crippen molar-refractivity contribution in [3.8, 4) is 11.3 Å². The Hall–Kier alpha value is -4.16. The number of carbonyl (C=O) groups is 1. The van der Waals surface area contributed by atoms with Crippen LogP contribution in [0.2, 0.25) is 5.02 Å². The van der Waals surface area contributed by atoms with Crippen molar-refractivity contribution in [2.75, 3.05) is 25.0 Å². The van der Waals surface area contributed by atoms with Gasteiger partial charge in [-0.05, 0) is 42.9 Å². The first-order valence-electron chi connectivity index (χ1n) is 13.8. The molecule has 3 heterocycles. The molecule has 5 aromatic rings. The molecule has 6 rings (SSSR count). The summed E-state index contributed by atoms with van der Waals surface area (Å²) < 4.78 is 1.85. The van der Waals surface area contributed by atoms with Crippen molar-refractivity contribution in [3.63, 3.8) is 0 Å². The molecule has 1 aliphatic heterocycles. The lowest BCUT2D eigenvalue weighted by molar-refractivity contribution is -0.133. The van der Waals surface area contributed by atoms with E-state index < -0.39 is 0 Å². The highest BCUT2D eigenvalue weighted by atomic mass is 35.5. The van der Waals surface area contributed by atoms with E-state index in [4.69, 9.17) is 16.6 Å². The lowest BCUT2D eigenvalue weighted by Crippen LogP contribution is -2.44. The number of hydrogen-bond acceptors (Lipinski definition) is 4.